The van der Waals surface area contributed by atoms with Crippen LogP contribution in [-0.2, 0) is 11.3 Å². The van der Waals surface area contributed by atoms with Crippen molar-refractivity contribution < 1.29 is 4.79 Å². The second-order valence-electron chi connectivity index (χ2n) is 5.03. The molecule has 0 aromatic heterocycles. The number of benzene rings is 1. The summed E-state index contributed by atoms with van der Waals surface area (Å²) in [4.78, 5) is 16.0. The number of aryl methyl sites for hydroxylation is 1. The molecule has 1 aliphatic heterocycles. The Labute approximate surface area is 119 Å². The SMILES string of the molecule is Cc1cc(C(N)=S)ccc1CN1CCN(C)C(=O)C1. The lowest BCUT2D eigenvalue weighted by Gasteiger charge is -2.32. The van der Waals surface area contributed by atoms with Crippen LogP contribution in [0.1, 0.15) is 16.7 Å². The number of likely N-dealkylation sites (N-methyl/N-ethyl adjacent to an activating group) is 1. The molecule has 2 rings (SSSR count). The number of nitrogens with two attached hydrogens (primary N) is 1. The molecule has 2 N–H and O–H groups in total. The molecule has 0 unspecified atom stereocenters. The summed E-state index contributed by atoms with van der Waals surface area (Å²) in [6, 6.07) is 6.00. The van der Waals surface area contributed by atoms with Gasteiger partial charge in [0.05, 0.1) is 6.54 Å². The van der Waals surface area contributed by atoms with E-state index in [1.807, 2.05) is 25.2 Å². The molecular formula is C14H19N3OS. The van der Waals surface area contributed by atoms with Gasteiger partial charge < -0.3 is 10.6 Å². The van der Waals surface area contributed by atoms with Gasteiger partial charge in [0.15, 0.2) is 0 Å². The van der Waals surface area contributed by atoms with Crippen LogP contribution in [0.3, 0.4) is 0 Å². The van der Waals surface area contributed by atoms with Crippen molar-refractivity contribution >= 4 is 23.1 Å². The van der Waals surface area contributed by atoms with Crippen LogP contribution in [0.2, 0.25) is 0 Å². The van der Waals surface area contributed by atoms with Crippen LogP contribution >= 0.6 is 12.2 Å². The van der Waals surface area contributed by atoms with Crippen LogP contribution in [0.15, 0.2) is 18.2 Å². The van der Waals surface area contributed by atoms with Crippen LogP contribution in [0.5, 0.6) is 0 Å². The number of nitrogens with zero attached hydrogens (tertiary/aromatic N) is 2. The normalized spacial score (nSPS) is 16.7. The molecule has 0 spiro atoms. The Morgan fingerprint density at radius 1 is 1.42 bits per heavy atom. The molecule has 19 heavy (non-hydrogen) atoms. The van der Waals surface area contributed by atoms with Gasteiger partial charge in [0.25, 0.3) is 0 Å². The first kappa shape index (κ1) is 14.0. The molecule has 1 aliphatic rings. The summed E-state index contributed by atoms with van der Waals surface area (Å²) in [5.41, 5.74) is 8.90. The monoisotopic (exact) mass is 277 g/mol. The van der Waals surface area contributed by atoms with Crippen molar-refractivity contribution in [1.29, 1.82) is 0 Å². The van der Waals surface area contributed by atoms with Crippen molar-refractivity contribution in [3.63, 3.8) is 0 Å². The van der Waals surface area contributed by atoms with Crippen LogP contribution < -0.4 is 5.73 Å². The topological polar surface area (TPSA) is 49.6 Å². The highest BCUT2D eigenvalue weighted by Crippen LogP contribution is 2.15. The quantitative estimate of drug-likeness (QED) is 0.834. The third-order valence-electron chi connectivity index (χ3n) is 3.56. The highest BCUT2D eigenvalue weighted by Gasteiger charge is 2.21. The van der Waals surface area contributed by atoms with Crippen molar-refractivity contribution in [2.45, 2.75) is 13.5 Å². The third kappa shape index (κ3) is 3.30. The fraction of sp³-hybridized carbons (Fsp3) is 0.429. The predicted octanol–water partition coefficient (Wildman–Crippen LogP) is 0.903. The van der Waals surface area contributed by atoms with Gasteiger partial charge in [-0.2, -0.15) is 0 Å². The number of hydrogen-bond acceptors (Lipinski definition) is 3. The standard InChI is InChI=1S/C14H19N3OS/c1-10-7-11(14(15)19)3-4-12(10)8-17-6-5-16(2)13(18)9-17/h3-4,7H,5-6,8-9H2,1-2H3,(H2,15,19). The highest BCUT2D eigenvalue weighted by atomic mass is 32.1. The van der Waals surface area contributed by atoms with E-state index < -0.39 is 0 Å². The van der Waals surface area contributed by atoms with Crippen molar-refractivity contribution in [2.24, 2.45) is 5.73 Å². The summed E-state index contributed by atoms with van der Waals surface area (Å²) in [6.07, 6.45) is 0. The average molecular weight is 277 g/mol. The zero-order chi connectivity index (χ0) is 14.0. The fourth-order valence-electron chi connectivity index (χ4n) is 2.21. The molecule has 0 bridgehead atoms. The number of thiocarbonyl (C=S) groups is 1. The zero-order valence-corrected chi connectivity index (χ0v) is 12.2. The van der Waals surface area contributed by atoms with Gasteiger partial charge in [0, 0.05) is 32.2 Å². The number of rotatable bonds is 3. The molecule has 1 amide bonds. The number of piperazine rings is 1. The van der Waals surface area contributed by atoms with Crippen LogP contribution in [0.4, 0.5) is 0 Å². The van der Waals surface area contributed by atoms with Gasteiger partial charge >= 0.3 is 0 Å². The summed E-state index contributed by atoms with van der Waals surface area (Å²) >= 11 is 4.97. The van der Waals surface area contributed by atoms with E-state index in [2.05, 4.69) is 11.8 Å². The maximum absolute atomic E-state index is 11.7. The Morgan fingerprint density at radius 3 is 2.74 bits per heavy atom. The highest BCUT2D eigenvalue weighted by molar-refractivity contribution is 7.80. The number of carbonyl (C=O) groups excluding carboxylic acids is 1. The van der Waals surface area contributed by atoms with E-state index in [-0.39, 0.29) is 5.91 Å². The third-order valence-corrected chi connectivity index (χ3v) is 3.79. The van der Waals surface area contributed by atoms with Gasteiger partial charge in [-0.15, -0.1) is 0 Å². The lowest BCUT2D eigenvalue weighted by atomic mass is 10.0. The minimum Gasteiger partial charge on any atom is -0.389 e. The zero-order valence-electron chi connectivity index (χ0n) is 11.3. The van der Waals surface area contributed by atoms with Gasteiger partial charge in [-0.05, 0) is 24.1 Å². The molecule has 1 aromatic carbocycles. The Morgan fingerprint density at radius 2 is 2.16 bits per heavy atom. The van der Waals surface area contributed by atoms with Crippen molar-refractivity contribution in [3.05, 3.63) is 34.9 Å². The minimum absolute atomic E-state index is 0.184. The summed E-state index contributed by atoms with van der Waals surface area (Å²) < 4.78 is 0. The Hall–Kier alpha value is -1.46. The van der Waals surface area contributed by atoms with Gasteiger partial charge in [-0.1, -0.05) is 24.4 Å². The van der Waals surface area contributed by atoms with Gasteiger partial charge in [-0.3, -0.25) is 9.69 Å². The molecule has 0 atom stereocenters. The van der Waals surface area contributed by atoms with Crippen LogP contribution in [0, 0.1) is 6.92 Å². The van der Waals surface area contributed by atoms with Crippen molar-refractivity contribution in [3.8, 4) is 0 Å². The van der Waals surface area contributed by atoms with E-state index in [4.69, 9.17) is 18.0 Å². The molecule has 1 heterocycles. The Bertz CT molecular complexity index is 515. The molecule has 4 nitrogen and oxygen atoms in total. The maximum Gasteiger partial charge on any atom is 0.236 e. The van der Waals surface area contributed by atoms with E-state index >= 15 is 0 Å². The molecule has 1 aromatic rings. The first-order valence-electron chi connectivity index (χ1n) is 6.33. The predicted molar refractivity (Wildman–Crippen MR) is 80.0 cm³/mol. The molecule has 0 radical (unpaired) electrons. The van der Waals surface area contributed by atoms with Gasteiger partial charge in [0.1, 0.15) is 4.99 Å². The van der Waals surface area contributed by atoms with Gasteiger partial charge in [0.2, 0.25) is 5.91 Å². The lowest BCUT2D eigenvalue weighted by Crippen LogP contribution is -2.48. The minimum atomic E-state index is 0.184. The molecule has 0 saturated carbocycles. The molecule has 5 heteroatoms. The lowest BCUT2D eigenvalue weighted by molar-refractivity contribution is -0.134. The number of hydrogen-bond donors (Lipinski definition) is 1. The van der Waals surface area contributed by atoms with E-state index in [0.29, 0.717) is 11.5 Å². The van der Waals surface area contributed by atoms with E-state index in [1.54, 1.807) is 4.90 Å². The molecule has 0 aliphatic carbocycles. The largest absolute Gasteiger partial charge is 0.389 e. The smallest absolute Gasteiger partial charge is 0.236 e. The van der Waals surface area contributed by atoms with E-state index in [9.17, 15) is 4.79 Å². The average Bonchev–Trinajstić information content (AvgIpc) is 2.36. The van der Waals surface area contributed by atoms with Gasteiger partial charge in [-0.25, -0.2) is 0 Å². The Balaban J connectivity index is 2.07. The summed E-state index contributed by atoms with van der Waals surface area (Å²) in [5.74, 6) is 0.184. The summed E-state index contributed by atoms with van der Waals surface area (Å²) in [5, 5.41) is 0. The summed E-state index contributed by atoms with van der Waals surface area (Å²) in [6.45, 7) is 5.05. The number of carbonyl (C=O) groups is 1. The molecule has 102 valence electrons. The van der Waals surface area contributed by atoms with Crippen LogP contribution in [-0.4, -0.2) is 47.4 Å². The maximum atomic E-state index is 11.7. The second kappa shape index (κ2) is 5.67. The van der Waals surface area contributed by atoms with Crippen LogP contribution in [0.25, 0.3) is 0 Å². The fourth-order valence-corrected chi connectivity index (χ4v) is 2.34. The summed E-state index contributed by atoms with van der Waals surface area (Å²) in [7, 11) is 1.85. The van der Waals surface area contributed by atoms with E-state index in [0.717, 1.165) is 30.8 Å². The molecular weight excluding hydrogens is 258 g/mol. The number of amides is 1. The molecule has 1 saturated heterocycles. The first-order valence-corrected chi connectivity index (χ1v) is 6.74. The Kier molecular flexibility index (Phi) is 4.17. The first-order chi connectivity index (χ1) is 8.97. The second-order valence-corrected chi connectivity index (χ2v) is 5.47. The van der Waals surface area contributed by atoms with E-state index in [1.165, 1.54) is 5.56 Å². The van der Waals surface area contributed by atoms with Crippen molar-refractivity contribution in [2.75, 3.05) is 26.7 Å². The van der Waals surface area contributed by atoms with Crippen molar-refractivity contribution in [1.82, 2.24) is 9.80 Å². The molecule has 1 fully saturated rings.